The van der Waals surface area contributed by atoms with Crippen LogP contribution in [0, 0.1) is 13.8 Å². The van der Waals surface area contributed by atoms with Gasteiger partial charge in [0.15, 0.2) is 0 Å². The van der Waals surface area contributed by atoms with Gasteiger partial charge in [0.1, 0.15) is 10.7 Å². The van der Waals surface area contributed by atoms with E-state index in [1.807, 2.05) is 37.3 Å². The topological polar surface area (TPSA) is 55.2 Å². The quantitative estimate of drug-likeness (QED) is 0.736. The zero-order valence-corrected chi connectivity index (χ0v) is 15.0. The van der Waals surface area contributed by atoms with Gasteiger partial charge in [0, 0.05) is 20.6 Å². The standard InChI is InChI=1S/C18H19N3O2S/c1-11-14-16(19-12(2)21(4)17(14)22)24-15(11)18(23)20(3)10-13-8-6-5-7-9-13/h5-9H,10H2,1-4H3. The third kappa shape index (κ3) is 2.73. The Hall–Kier alpha value is -2.47. The highest BCUT2D eigenvalue weighted by Gasteiger charge is 2.22. The molecule has 3 rings (SSSR count). The van der Waals surface area contributed by atoms with Gasteiger partial charge in [-0.3, -0.25) is 14.2 Å². The van der Waals surface area contributed by atoms with Crippen LogP contribution >= 0.6 is 11.3 Å². The van der Waals surface area contributed by atoms with Crippen LogP contribution < -0.4 is 5.56 Å². The van der Waals surface area contributed by atoms with Gasteiger partial charge in [0.2, 0.25) is 0 Å². The molecule has 0 saturated heterocycles. The second-order valence-electron chi connectivity index (χ2n) is 5.91. The van der Waals surface area contributed by atoms with E-state index in [2.05, 4.69) is 4.98 Å². The van der Waals surface area contributed by atoms with Crippen molar-refractivity contribution in [2.45, 2.75) is 20.4 Å². The number of carbonyl (C=O) groups excluding carboxylic acids is 1. The van der Waals surface area contributed by atoms with E-state index in [-0.39, 0.29) is 11.5 Å². The van der Waals surface area contributed by atoms with Crippen LogP contribution in [-0.4, -0.2) is 27.4 Å². The summed E-state index contributed by atoms with van der Waals surface area (Å²) in [5, 5.41) is 0.546. The number of hydrogen-bond donors (Lipinski definition) is 0. The monoisotopic (exact) mass is 341 g/mol. The van der Waals surface area contributed by atoms with Crippen LogP contribution in [0.5, 0.6) is 0 Å². The predicted molar refractivity (Wildman–Crippen MR) is 96.6 cm³/mol. The SMILES string of the molecule is Cc1c(C(=O)N(C)Cc2ccccc2)sc2nc(C)n(C)c(=O)c12. The first kappa shape index (κ1) is 16.4. The molecule has 0 fully saturated rings. The van der Waals surface area contributed by atoms with E-state index in [0.717, 1.165) is 5.56 Å². The molecule has 0 saturated carbocycles. The number of nitrogens with zero attached hydrogens (tertiary/aromatic N) is 3. The van der Waals surface area contributed by atoms with Gasteiger partial charge in [-0.15, -0.1) is 11.3 Å². The Kier molecular flexibility index (Phi) is 4.24. The molecule has 2 heterocycles. The fourth-order valence-electron chi connectivity index (χ4n) is 2.67. The summed E-state index contributed by atoms with van der Waals surface area (Å²) in [5.41, 5.74) is 1.68. The summed E-state index contributed by atoms with van der Waals surface area (Å²) in [7, 11) is 3.47. The third-order valence-corrected chi connectivity index (χ3v) is 5.37. The summed E-state index contributed by atoms with van der Waals surface area (Å²) in [6.07, 6.45) is 0. The van der Waals surface area contributed by atoms with E-state index >= 15 is 0 Å². The maximum Gasteiger partial charge on any atom is 0.264 e. The van der Waals surface area contributed by atoms with Crippen LogP contribution in [0.2, 0.25) is 0 Å². The number of aromatic nitrogens is 2. The van der Waals surface area contributed by atoms with E-state index in [0.29, 0.717) is 33.0 Å². The van der Waals surface area contributed by atoms with Crippen LogP contribution in [0.25, 0.3) is 10.2 Å². The first-order valence-electron chi connectivity index (χ1n) is 7.66. The van der Waals surface area contributed by atoms with Crippen molar-refractivity contribution in [1.82, 2.24) is 14.5 Å². The van der Waals surface area contributed by atoms with Crippen molar-refractivity contribution < 1.29 is 4.79 Å². The second-order valence-corrected chi connectivity index (χ2v) is 6.91. The van der Waals surface area contributed by atoms with E-state index in [1.54, 1.807) is 25.9 Å². The molecule has 0 N–H and O–H groups in total. The number of thiophene rings is 1. The first-order chi connectivity index (χ1) is 11.4. The van der Waals surface area contributed by atoms with Gasteiger partial charge in [-0.25, -0.2) is 4.98 Å². The van der Waals surface area contributed by atoms with E-state index in [9.17, 15) is 9.59 Å². The maximum atomic E-state index is 12.8. The lowest BCUT2D eigenvalue weighted by Gasteiger charge is -2.16. The first-order valence-corrected chi connectivity index (χ1v) is 8.48. The molecule has 0 aliphatic rings. The average Bonchev–Trinajstić information content (AvgIpc) is 2.89. The van der Waals surface area contributed by atoms with Gasteiger partial charge in [0.05, 0.1) is 10.3 Å². The number of benzene rings is 1. The molecule has 0 bridgehead atoms. The van der Waals surface area contributed by atoms with Crippen LogP contribution in [0.1, 0.15) is 26.6 Å². The van der Waals surface area contributed by atoms with Crippen molar-refractivity contribution in [2.24, 2.45) is 7.05 Å². The normalized spacial score (nSPS) is 11.0. The molecule has 0 unspecified atom stereocenters. The molecule has 1 aromatic carbocycles. The van der Waals surface area contributed by atoms with Crippen molar-refractivity contribution in [3.63, 3.8) is 0 Å². The molecular formula is C18H19N3O2S. The van der Waals surface area contributed by atoms with E-state index < -0.39 is 0 Å². The molecule has 0 radical (unpaired) electrons. The van der Waals surface area contributed by atoms with Crippen LogP contribution in [0.15, 0.2) is 35.1 Å². The van der Waals surface area contributed by atoms with Crippen molar-refractivity contribution >= 4 is 27.5 Å². The van der Waals surface area contributed by atoms with Gasteiger partial charge in [-0.05, 0) is 25.0 Å². The smallest absolute Gasteiger partial charge is 0.264 e. The summed E-state index contributed by atoms with van der Waals surface area (Å²) in [4.78, 5) is 32.6. The Bertz CT molecular complexity index is 973. The summed E-state index contributed by atoms with van der Waals surface area (Å²) in [6, 6.07) is 9.83. The fraction of sp³-hybridized carbons (Fsp3) is 0.278. The number of aryl methyl sites for hydroxylation is 2. The number of rotatable bonds is 3. The molecule has 124 valence electrons. The van der Waals surface area contributed by atoms with Crippen LogP contribution in [0.4, 0.5) is 0 Å². The molecular weight excluding hydrogens is 322 g/mol. The highest BCUT2D eigenvalue weighted by Crippen LogP contribution is 2.28. The van der Waals surface area contributed by atoms with Gasteiger partial charge in [-0.2, -0.15) is 0 Å². The Morgan fingerprint density at radius 2 is 1.92 bits per heavy atom. The summed E-state index contributed by atoms with van der Waals surface area (Å²) in [6.45, 7) is 4.14. The highest BCUT2D eigenvalue weighted by atomic mass is 32.1. The minimum atomic E-state index is -0.101. The minimum Gasteiger partial charge on any atom is -0.337 e. The Morgan fingerprint density at radius 1 is 1.25 bits per heavy atom. The van der Waals surface area contributed by atoms with Gasteiger partial charge < -0.3 is 4.90 Å². The number of amides is 1. The molecule has 24 heavy (non-hydrogen) atoms. The molecule has 3 aromatic rings. The number of carbonyl (C=O) groups is 1. The summed E-state index contributed by atoms with van der Waals surface area (Å²) in [5.74, 6) is 0.560. The molecule has 0 spiro atoms. The Morgan fingerprint density at radius 3 is 2.58 bits per heavy atom. The van der Waals surface area contributed by atoms with Gasteiger partial charge >= 0.3 is 0 Å². The van der Waals surface area contributed by atoms with Crippen LogP contribution in [0.3, 0.4) is 0 Å². The van der Waals surface area contributed by atoms with Crippen LogP contribution in [-0.2, 0) is 13.6 Å². The van der Waals surface area contributed by atoms with Crippen molar-refractivity contribution in [3.8, 4) is 0 Å². The van der Waals surface area contributed by atoms with Gasteiger partial charge in [0.25, 0.3) is 11.5 Å². The zero-order valence-electron chi connectivity index (χ0n) is 14.2. The van der Waals surface area contributed by atoms with Crippen molar-refractivity contribution in [1.29, 1.82) is 0 Å². The largest absolute Gasteiger partial charge is 0.337 e. The molecule has 6 heteroatoms. The highest BCUT2D eigenvalue weighted by molar-refractivity contribution is 7.20. The number of fused-ring (bicyclic) bond motifs is 1. The molecule has 1 amide bonds. The fourth-order valence-corrected chi connectivity index (χ4v) is 3.88. The molecule has 0 atom stereocenters. The lowest BCUT2D eigenvalue weighted by molar-refractivity contribution is 0.0789. The maximum absolute atomic E-state index is 12.8. The van der Waals surface area contributed by atoms with E-state index in [1.165, 1.54) is 15.9 Å². The second kappa shape index (κ2) is 6.20. The molecule has 2 aromatic heterocycles. The molecule has 0 aliphatic heterocycles. The number of hydrogen-bond acceptors (Lipinski definition) is 4. The summed E-state index contributed by atoms with van der Waals surface area (Å²) >= 11 is 1.29. The third-order valence-electron chi connectivity index (χ3n) is 4.20. The Balaban J connectivity index is 2.00. The Labute approximate surface area is 144 Å². The molecule has 0 aliphatic carbocycles. The summed E-state index contributed by atoms with van der Waals surface area (Å²) < 4.78 is 1.52. The van der Waals surface area contributed by atoms with Crippen molar-refractivity contribution in [2.75, 3.05) is 7.05 Å². The lowest BCUT2D eigenvalue weighted by atomic mass is 10.2. The van der Waals surface area contributed by atoms with E-state index in [4.69, 9.17) is 0 Å². The predicted octanol–water partition coefficient (Wildman–Crippen LogP) is 2.88. The van der Waals surface area contributed by atoms with Gasteiger partial charge in [-0.1, -0.05) is 30.3 Å². The average molecular weight is 341 g/mol. The zero-order chi connectivity index (χ0) is 17.4. The van der Waals surface area contributed by atoms with Crippen molar-refractivity contribution in [3.05, 3.63) is 62.5 Å². The minimum absolute atomic E-state index is 0.0842. The molecule has 5 nitrogen and oxygen atoms in total. The lowest BCUT2D eigenvalue weighted by Crippen LogP contribution is -2.26.